The van der Waals surface area contributed by atoms with E-state index in [4.69, 9.17) is 14.2 Å². The first-order valence-electron chi connectivity index (χ1n) is 6.69. The van der Waals surface area contributed by atoms with Gasteiger partial charge in [0, 0.05) is 12.1 Å². The quantitative estimate of drug-likeness (QED) is 0.664. The Hall–Kier alpha value is -2.31. The lowest BCUT2D eigenvalue weighted by Crippen LogP contribution is -2.23. The van der Waals surface area contributed by atoms with Crippen LogP contribution in [0.15, 0.2) is 0 Å². The van der Waals surface area contributed by atoms with Crippen LogP contribution < -0.4 is 0 Å². The van der Waals surface area contributed by atoms with E-state index < -0.39 is 24.0 Å². The van der Waals surface area contributed by atoms with E-state index >= 15 is 0 Å². The molecule has 1 aliphatic heterocycles. The molecule has 7 nitrogen and oxygen atoms in total. The monoisotopic (exact) mass is 295 g/mol. The second-order valence-electron chi connectivity index (χ2n) is 4.70. The number of aromatic nitrogens is 1. The van der Waals surface area contributed by atoms with Gasteiger partial charge < -0.3 is 19.2 Å². The van der Waals surface area contributed by atoms with Crippen LogP contribution in [0.25, 0.3) is 0 Å². The number of H-pyrrole nitrogens is 1. The van der Waals surface area contributed by atoms with Crippen molar-refractivity contribution in [1.29, 1.82) is 0 Å². The first kappa shape index (κ1) is 15.1. The second kappa shape index (κ2) is 5.99. The Morgan fingerprint density at radius 1 is 1.33 bits per heavy atom. The Morgan fingerprint density at radius 2 is 2.05 bits per heavy atom. The summed E-state index contributed by atoms with van der Waals surface area (Å²) in [6.45, 7) is 5.49. The van der Waals surface area contributed by atoms with Gasteiger partial charge in [0.2, 0.25) is 6.10 Å². The fourth-order valence-corrected chi connectivity index (χ4v) is 2.24. The third-order valence-corrected chi connectivity index (χ3v) is 3.26. The lowest BCUT2D eigenvalue weighted by Gasteiger charge is -2.08. The summed E-state index contributed by atoms with van der Waals surface area (Å²) in [4.78, 5) is 38.1. The van der Waals surface area contributed by atoms with E-state index in [1.54, 1.807) is 20.8 Å². The number of carbonyl (C=O) groups excluding carboxylic acids is 3. The average Bonchev–Trinajstić information content (AvgIpc) is 2.94. The van der Waals surface area contributed by atoms with Crippen LogP contribution in [0.2, 0.25) is 0 Å². The molecule has 2 heterocycles. The largest absolute Gasteiger partial charge is 0.463 e. The molecule has 114 valence electrons. The highest BCUT2D eigenvalue weighted by molar-refractivity contribution is 5.99. The van der Waals surface area contributed by atoms with E-state index in [-0.39, 0.29) is 18.9 Å². The number of hydrogen-bond acceptors (Lipinski definition) is 6. The van der Waals surface area contributed by atoms with Gasteiger partial charge in [-0.2, -0.15) is 0 Å². The molecule has 1 aromatic heterocycles. The number of ether oxygens (including phenoxy) is 3. The third-order valence-electron chi connectivity index (χ3n) is 3.26. The van der Waals surface area contributed by atoms with Crippen molar-refractivity contribution in [3.63, 3.8) is 0 Å². The second-order valence-corrected chi connectivity index (χ2v) is 4.70. The maximum Gasteiger partial charge on any atom is 0.355 e. The summed E-state index contributed by atoms with van der Waals surface area (Å²) in [5, 5.41) is 0. The summed E-state index contributed by atoms with van der Waals surface area (Å²) in [6, 6.07) is 0. The number of nitrogens with one attached hydrogen (secondary N) is 1. The predicted octanol–water partition coefficient (Wildman–Crippen LogP) is 1.28. The Balaban J connectivity index is 2.20. The molecule has 0 saturated carbocycles. The maximum atomic E-state index is 12.1. The highest BCUT2D eigenvalue weighted by atomic mass is 16.6. The number of carbonyl (C=O) groups is 3. The van der Waals surface area contributed by atoms with Crippen LogP contribution >= 0.6 is 0 Å². The predicted molar refractivity (Wildman–Crippen MR) is 71.0 cm³/mol. The van der Waals surface area contributed by atoms with Crippen LogP contribution in [0, 0.1) is 13.8 Å². The average molecular weight is 295 g/mol. The first-order valence-corrected chi connectivity index (χ1v) is 6.69. The normalized spacial score (nSPS) is 17.5. The minimum Gasteiger partial charge on any atom is -0.463 e. The van der Waals surface area contributed by atoms with Crippen LogP contribution in [0.3, 0.4) is 0 Å². The minimum absolute atomic E-state index is 0.148. The fourth-order valence-electron chi connectivity index (χ4n) is 2.24. The molecule has 1 fully saturated rings. The number of esters is 3. The van der Waals surface area contributed by atoms with Gasteiger partial charge in [0.25, 0.3) is 0 Å². The highest BCUT2D eigenvalue weighted by Crippen LogP contribution is 2.21. The van der Waals surface area contributed by atoms with Crippen LogP contribution in [0.1, 0.15) is 45.4 Å². The van der Waals surface area contributed by atoms with Gasteiger partial charge in [-0.25, -0.2) is 14.4 Å². The van der Waals surface area contributed by atoms with Crippen molar-refractivity contribution in [3.05, 3.63) is 22.5 Å². The summed E-state index contributed by atoms with van der Waals surface area (Å²) in [7, 11) is 0. The molecule has 1 saturated heterocycles. The number of aromatic amines is 1. The zero-order valence-electron chi connectivity index (χ0n) is 12.1. The molecule has 1 aromatic rings. The van der Waals surface area contributed by atoms with E-state index in [2.05, 4.69) is 4.98 Å². The fraction of sp³-hybridized carbons (Fsp3) is 0.500. The van der Waals surface area contributed by atoms with E-state index in [9.17, 15) is 14.4 Å². The van der Waals surface area contributed by atoms with Crippen molar-refractivity contribution in [2.24, 2.45) is 0 Å². The van der Waals surface area contributed by atoms with Gasteiger partial charge in [-0.3, -0.25) is 0 Å². The molecule has 1 unspecified atom stereocenters. The van der Waals surface area contributed by atoms with Crippen LogP contribution in [-0.2, 0) is 19.0 Å². The Kier molecular flexibility index (Phi) is 4.30. The van der Waals surface area contributed by atoms with Crippen molar-refractivity contribution in [3.8, 4) is 0 Å². The molecule has 0 radical (unpaired) electrons. The molecule has 1 atom stereocenters. The summed E-state index contributed by atoms with van der Waals surface area (Å²) >= 11 is 0. The van der Waals surface area contributed by atoms with Crippen LogP contribution in [-0.4, -0.2) is 42.2 Å². The summed E-state index contributed by atoms with van der Waals surface area (Å²) in [5.41, 5.74) is 1.43. The third kappa shape index (κ3) is 2.91. The van der Waals surface area contributed by atoms with Gasteiger partial charge in [0.1, 0.15) is 5.69 Å². The molecule has 0 aliphatic carbocycles. The highest BCUT2D eigenvalue weighted by Gasteiger charge is 2.32. The van der Waals surface area contributed by atoms with Gasteiger partial charge in [-0.05, 0) is 26.3 Å². The van der Waals surface area contributed by atoms with Crippen molar-refractivity contribution < 1.29 is 28.6 Å². The molecule has 1 aliphatic rings. The molecular weight excluding hydrogens is 278 g/mol. The van der Waals surface area contributed by atoms with Gasteiger partial charge in [0.05, 0.1) is 18.8 Å². The van der Waals surface area contributed by atoms with Gasteiger partial charge >= 0.3 is 17.9 Å². The van der Waals surface area contributed by atoms with E-state index in [0.717, 1.165) is 0 Å². The summed E-state index contributed by atoms with van der Waals surface area (Å²) in [6.07, 6.45) is -0.542. The lowest BCUT2D eigenvalue weighted by molar-refractivity contribution is -0.145. The molecule has 21 heavy (non-hydrogen) atoms. The maximum absolute atomic E-state index is 12.1. The number of aryl methyl sites for hydroxylation is 1. The Bertz CT molecular complexity index is 589. The van der Waals surface area contributed by atoms with Crippen LogP contribution in [0.4, 0.5) is 0 Å². The molecule has 0 bridgehead atoms. The molecule has 1 N–H and O–H groups in total. The molecular formula is C14H17NO6. The van der Waals surface area contributed by atoms with Gasteiger partial charge in [0.15, 0.2) is 0 Å². The Morgan fingerprint density at radius 3 is 2.62 bits per heavy atom. The van der Waals surface area contributed by atoms with Crippen molar-refractivity contribution in [2.45, 2.75) is 33.3 Å². The molecule has 0 amide bonds. The van der Waals surface area contributed by atoms with Crippen molar-refractivity contribution in [2.75, 3.05) is 13.2 Å². The SMILES string of the molecule is CCOC(=O)c1c(C)[nH]c(C(=O)OC2CCOC2=O)c1C. The number of cyclic esters (lactones) is 1. The van der Waals surface area contributed by atoms with Crippen molar-refractivity contribution >= 4 is 17.9 Å². The Labute approximate surface area is 121 Å². The molecule has 2 rings (SSSR count). The zero-order valence-corrected chi connectivity index (χ0v) is 12.1. The minimum atomic E-state index is -0.883. The molecule has 0 spiro atoms. The van der Waals surface area contributed by atoms with E-state index in [1.165, 1.54) is 0 Å². The zero-order chi connectivity index (χ0) is 15.6. The van der Waals surface area contributed by atoms with Gasteiger partial charge in [-0.15, -0.1) is 0 Å². The standard InChI is InChI=1S/C14H17NO6/c1-4-19-13(17)10-7(2)11(15-8(10)3)14(18)21-9-5-6-20-12(9)16/h9,15H,4-6H2,1-3H3. The molecule has 0 aromatic carbocycles. The van der Waals surface area contributed by atoms with E-state index in [0.29, 0.717) is 23.2 Å². The lowest BCUT2D eigenvalue weighted by atomic mass is 10.1. The van der Waals surface area contributed by atoms with Crippen LogP contribution in [0.5, 0.6) is 0 Å². The summed E-state index contributed by atoms with van der Waals surface area (Å²) in [5.74, 6) is -1.73. The smallest absolute Gasteiger partial charge is 0.355 e. The number of rotatable bonds is 4. The van der Waals surface area contributed by atoms with Crippen molar-refractivity contribution in [1.82, 2.24) is 4.98 Å². The van der Waals surface area contributed by atoms with E-state index in [1.807, 2.05) is 0 Å². The topological polar surface area (TPSA) is 94.7 Å². The summed E-state index contributed by atoms with van der Waals surface area (Å²) < 4.78 is 14.8. The number of hydrogen-bond donors (Lipinski definition) is 1. The molecule has 7 heteroatoms. The first-order chi connectivity index (χ1) is 9.95. The van der Waals surface area contributed by atoms with Gasteiger partial charge in [-0.1, -0.05) is 0 Å².